The lowest BCUT2D eigenvalue weighted by atomic mass is 10.2. The smallest absolute Gasteiger partial charge is 0.271 e. The molecule has 0 spiro atoms. The molecule has 2 N–H and O–H groups in total. The zero-order valence-corrected chi connectivity index (χ0v) is 14.9. The van der Waals surface area contributed by atoms with Gasteiger partial charge in [-0.3, -0.25) is 14.9 Å². The van der Waals surface area contributed by atoms with Crippen molar-refractivity contribution < 1.29 is 14.5 Å². The first kappa shape index (κ1) is 17.7. The number of nitro benzene ring substituents is 1. The van der Waals surface area contributed by atoms with E-state index >= 15 is 0 Å². The highest BCUT2D eigenvalue weighted by atomic mass is 32.2. The van der Waals surface area contributed by atoms with Gasteiger partial charge in [0.2, 0.25) is 5.91 Å². The monoisotopic (exact) mass is 372 g/mol. The van der Waals surface area contributed by atoms with E-state index in [1.165, 1.54) is 37.1 Å². The standard InChI is InChI=1S/C17H16N4O4S/c1-10-3-5-12-13(7-10)20-17(19-12)26-9-16(22)18-14-8-11(21(23)24)4-6-15(14)25-2/h3-8H,9H2,1-2H3,(H,18,22)(H,19,20). The Kier molecular flexibility index (Phi) is 5.08. The number of anilines is 1. The second kappa shape index (κ2) is 7.44. The number of aryl methyl sites for hydroxylation is 1. The number of fused-ring (bicyclic) bond motifs is 1. The largest absolute Gasteiger partial charge is 0.495 e. The molecule has 8 nitrogen and oxygen atoms in total. The lowest BCUT2D eigenvalue weighted by Gasteiger charge is -2.09. The number of rotatable bonds is 6. The number of carbonyl (C=O) groups is 1. The summed E-state index contributed by atoms with van der Waals surface area (Å²) < 4.78 is 5.13. The van der Waals surface area contributed by atoms with Crippen LogP contribution in [-0.2, 0) is 4.79 Å². The summed E-state index contributed by atoms with van der Waals surface area (Å²) in [4.78, 5) is 30.1. The number of amides is 1. The normalized spacial score (nSPS) is 10.7. The molecule has 2 aromatic carbocycles. The number of nitrogens with zero attached hydrogens (tertiary/aromatic N) is 2. The molecule has 0 aliphatic carbocycles. The highest BCUT2D eigenvalue weighted by Gasteiger charge is 2.14. The van der Waals surface area contributed by atoms with Crippen molar-refractivity contribution in [3.05, 3.63) is 52.1 Å². The highest BCUT2D eigenvalue weighted by Crippen LogP contribution is 2.29. The molecule has 3 aromatic rings. The Hall–Kier alpha value is -3.07. The van der Waals surface area contributed by atoms with Crippen LogP contribution < -0.4 is 10.1 Å². The number of nitrogens with one attached hydrogen (secondary N) is 2. The van der Waals surface area contributed by atoms with E-state index in [9.17, 15) is 14.9 Å². The van der Waals surface area contributed by atoms with E-state index in [4.69, 9.17) is 4.74 Å². The van der Waals surface area contributed by atoms with Crippen molar-refractivity contribution in [2.75, 3.05) is 18.2 Å². The molecule has 1 heterocycles. The van der Waals surface area contributed by atoms with E-state index in [0.717, 1.165) is 16.6 Å². The fraction of sp³-hybridized carbons (Fsp3) is 0.176. The average Bonchev–Trinajstić information content (AvgIpc) is 3.01. The Bertz CT molecular complexity index is 986. The van der Waals surface area contributed by atoms with Crippen LogP contribution in [0.15, 0.2) is 41.6 Å². The summed E-state index contributed by atoms with van der Waals surface area (Å²) in [6, 6.07) is 9.91. The Morgan fingerprint density at radius 3 is 2.88 bits per heavy atom. The van der Waals surface area contributed by atoms with Gasteiger partial charge < -0.3 is 15.0 Å². The molecule has 3 rings (SSSR count). The number of benzene rings is 2. The molecule has 0 unspecified atom stereocenters. The first-order chi connectivity index (χ1) is 12.5. The van der Waals surface area contributed by atoms with Crippen molar-refractivity contribution in [3.63, 3.8) is 0 Å². The average molecular weight is 372 g/mol. The van der Waals surface area contributed by atoms with Crippen LogP contribution in [0.3, 0.4) is 0 Å². The number of methoxy groups -OCH3 is 1. The molecule has 9 heteroatoms. The molecule has 0 aliphatic heterocycles. The van der Waals surface area contributed by atoms with Crippen LogP contribution in [0.5, 0.6) is 5.75 Å². The van der Waals surface area contributed by atoms with E-state index in [-0.39, 0.29) is 23.0 Å². The number of ether oxygens (including phenoxy) is 1. The summed E-state index contributed by atoms with van der Waals surface area (Å²) >= 11 is 1.25. The van der Waals surface area contributed by atoms with Gasteiger partial charge in [-0.1, -0.05) is 17.8 Å². The van der Waals surface area contributed by atoms with Crippen LogP contribution in [0.25, 0.3) is 11.0 Å². The molecule has 0 bridgehead atoms. The van der Waals surface area contributed by atoms with Crippen molar-refractivity contribution in [1.82, 2.24) is 9.97 Å². The fourth-order valence-corrected chi connectivity index (χ4v) is 3.08. The SMILES string of the molecule is COc1ccc([N+](=O)[O-])cc1NC(=O)CSc1nc2ccc(C)cc2[nH]1. The quantitative estimate of drug-likeness (QED) is 0.389. The molecule has 0 saturated heterocycles. The Morgan fingerprint density at radius 1 is 1.35 bits per heavy atom. The number of non-ortho nitro benzene ring substituents is 1. The summed E-state index contributed by atoms with van der Waals surface area (Å²) in [5.41, 5.74) is 2.99. The third-order valence-electron chi connectivity index (χ3n) is 3.62. The molecule has 0 radical (unpaired) electrons. The van der Waals surface area contributed by atoms with E-state index in [0.29, 0.717) is 10.9 Å². The zero-order chi connectivity index (χ0) is 18.7. The molecule has 1 amide bonds. The molecule has 0 aliphatic rings. The van der Waals surface area contributed by atoms with Crippen LogP contribution in [0.4, 0.5) is 11.4 Å². The Balaban J connectivity index is 1.68. The number of carbonyl (C=O) groups excluding carboxylic acids is 1. The predicted molar refractivity (Wildman–Crippen MR) is 99.8 cm³/mol. The van der Waals surface area contributed by atoms with Gasteiger partial charge in [-0.05, 0) is 30.7 Å². The van der Waals surface area contributed by atoms with Crippen LogP contribution in [-0.4, -0.2) is 33.7 Å². The van der Waals surface area contributed by atoms with Crippen molar-refractivity contribution in [1.29, 1.82) is 0 Å². The minimum Gasteiger partial charge on any atom is -0.495 e. The molecular weight excluding hydrogens is 356 g/mol. The maximum absolute atomic E-state index is 12.2. The number of hydrogen-bond acceptors (Lipinski definition) is 6. The highest BCUT2D eigenvalue weighted by molar-refractivity contribution is 7.99. The summed E-state index contributed by atoms with van der Waals surface area (Å²) in [6.07, 6.45) is 0. The molecule has 26 heavy (non-hydrogen) atoms. The second-order valence-electron chi connectivity index (χ2n) is 5.54. The van der Waals surface area contributed by atoms with Crippen molar-refractivity contribution >= 4 is 40.1 Å². The van der Waals surface area contributed by atoms with Gasteiger partial charge in [0.05, 0.1) is 34.5 Å². The molecule has 1 aromatic heterocycles. The molecule has 134 valence electrons. The van der Waals surface area contributed by atoms with Gasteiger partial charge in [-0.15, -0.1) is 0 Å². The third-order valence-corrected chi connectivity index (χ3v) is 4.50. The van der Waals surface area contributed by atoms with Gasteiger partial charge in [0, 0.05) is 12.1 Å². The topological polar surface area (TPSA) is 110 Å². The maximum atomic E-state index is 12.2. The maximum Gasteiger partial charge on any atom is 0.271 e. The second-order valence-corrected chi connectivity index (χ2v) is 6.51. The fourth-order valence-electron chi connectivity index (χ4n) is 2.40. The van der Waals surface area contributed by atoms with Crippen LogP contribution in [0.1, 0.15) is 5.56 Å². The minimum atomic E-state index is -0.528. The summed E-state index contributed by atoms with van der Waals surface area (Å²) in [7, 11) is 1.43. The number of aromatic amines is 1. The number of hydrogen-bond donors (Lipinski definition) is 2. The van der Waals surface area contributed by atoms with E-state index in [1.54, 1.807) is 0 Å². The van der Waals surface area contributed by atoms with Crippen molar-refractivity contribution in [2.45, 2.75) is 12.1 Å². The molecule has 0 fully saturated rings. The van der Waals surface area contributed by atoms with Crippen LogP contribution >= 0.6 is 11.8 Å². The predicted octanol–water partition coefficient (Wildman–Crippen LogP) is 3.52. The third kappa shape index (κ3) is 3.94. The van der Waals surface area contributed by atoms with Crippen molar-refractivity contribution in [3.8, 4) is 5.75 Å². The summed E-state index contributed by atoms with van der Waals surface area (Å²) in [5.74, 6) is 0.142. The summed E-state index contributed by atoms with van der Waals surface area (Å²) in [5, 5.41) is 14.2. The van der Waals surface area contributed by atoms with Gasteiger partial charge in [0.15, 0.2) is 5.16 Å². The number of H-pyrrole nitrogens is 1. The number of nitro groups is 1. The van der Waals surface area contributed by atoms with Gasteiger partial charge in [-0.25, -0.2) is 4.98 Å². The molecule has 0 atom stereocenters. The Morgan fingerprint density at radius 2 is 2.15 bits per heavy atom. The zero-order valence-electron chi connectivity index (χ0n) is 14.1. The summed E-state index contributed by atoms with van der Waals surface area (Å²) in [6.45, 7) is 1.99. The van der Waals surface area contributed by atoms with Gasteiger partial charge >= 0.3 is 0 Å². The Labute approximate surface area is 153 Å². The van der Waals surface area contributed by atoms with Gasteiger partial charge in [0.25, 0.3) is 5.69 Å². The lowest BCUT2D eigenvalue weighted by Crippen LogP contribution is -2.15. The molecular formula is C17H16N4O4S. The first-order valence-corrected chi connectivity index (χ1v) is 8.66. The van der Waals surface area contributed by atoms with E-state index in [2.05, 4.69) is 15.3 Å². The van der Waals surface area contributed by atoms with E-state index < -0.39 is 4.92 Å². The lowest BCUT2D eigenvalue weighted by molar-refractivity contribution is -0.384. The number of aromatic nitrogens is 2. The van der Waals surface area contributed by atoms with Crippen molar-refractivity contribution in [2.24, 2.45) is 0 Å². The van der Waals surface area contributed by atoms with Gasteiger partial charge in [-0.2, -0.15) is 0 Å². The first-order valence-electron chi connectivity index (χ1n) is 7.67. The number of thioether (sulfide) groups is 1. The van der Waals surface area contributed by atoms with Crippen LogP contribution in [0, 0.1) is 17.0 Å². The number of imidazole rings is 1. The van der Waals surface area contributed by atoms with Gasteiger partial charge in [0.1, 0.15) is 5.75 Å². The minimum absolute atomic E-state index is 0.102. The van der Waals surface area contributed by atoms with Crippen LogP contribution in [0.2, 0.25) is 0 Å². The molecule has 0 saturated carbocycles. The van der Waals surface area contributed by atoms with E-state index in [1.807, 2.05) is 25.1 Å².